The molecule has 4 heteroatoms. The van der Waals surface area contributed by atoms with Gasteiger partial charge in [-0.1, -0.05) is 13.3 Å². The highest BCUT2D eigenvalue weighted by atomic mass is 32.1. The number of hydrogen-bond donors (Lipinski definition) is 2. The minimum absolute atomic E-state index is 0.750. The molecule has 9 heavy (non-hydrogen) atoms. The summed E-state index contributed by atoms with van der Waals surface area (Å²) in [5.41, 5.74) is 0. The molecule has 0 unspecified atom stereocenters. The van der Waals surface area contributed by atoms with Crippen molar-refractivity contribution in [3.8, 4) is 6.26 Å². The molecule has 0 saturated heterocycles. The monoisotopic (exact) mass is 149 g/mol. The summed E-state index contributed by atoms with van der Waals surface area (Å²) in [4.78, 5) is 0. The van der Waals surface area contributed by atoms with Crippen LogP contribution < -0.4 is 0 Å². The first-order valence-corrected chi connectivity index (χ1v) is 2.99. The number of hydrogen-bond acceptors (Lipinski definition) is 4. The molecule has 3 nitrogen and oxygen atoms in total. The molecular formula is C5H11NO2S. The second-order valence-electron chi connectivity index (χ2n) is 1.29. The molecule has 0 radical (unpaired) electrons. The molecule has 54 valence electrons. The highest BCUT2D eigenvalue weighted by Crippen LogP contribution is 1.87. The molecule has 0 atom stereocenters. The lowest BCUT2D eigenvalue weighted by Gasteiger charge is -1.87. The fourth-order valence-electron chi connectivity index (χ4n) is 0.209. The molecule has 0 aliphatic rings. The lowest BCUT2D eigenvalue weighted by Crippen LogP contribution is -1.79. The van der Waals surface area contributed by atoms with Crippen molar-refractivity contribution in [3.63, 3.8) is 0 Å². The predicted molar refractivity (Wildman–Crippen MR) is 37.4 cm³/mol. The Hall–Kier alpha value is -0.400. The predicted octanol–water partition coefficient (Wildman–Crippen LogP) is 1.49. The molecule has 0 bridgehead atoms. The summed E-state index contributed by atoms with van der Waals surface area (Å²) in [5, 5.41) is 13.8. The first kappa shape index (κ1) is 11.4. The minimum atomic E-state index is 0.750. The number of aliphatic hydroxyl groups excluding tert-OH is 1. The summed E-state index contributed by atoms with van der Waals surface area (Å²) >= 11 is 3.55. The number of nitrogens with zero attached hydrogens (tertiary/aromatic N) is 1. The summed E-state index contributed by atoms with van der Waals surface area (Å²) in [6.07, 6.45) is 3.05. The van der Waals surface area contributed by atoms with Crippen molar-refractivity contribution in [1.29, 1.82) is 5.26 Å². The lowest BCUT2D eigenvalue weighted by atomic mass is 10.4. The standard InChI is InChI=1S/C4H10OS.CHNO/c1-2-3-4-5-6;2-1-3/h6H,2-4H2,1H3;3H. The van der Waals surface area contributed by atoms with Gasteiger partial charge in [0, 0.05) is 0 Å². The van der Waals surface area contributed by atoms with Crippen LogP contribution in [-0.2, 0) is 4.18 Å². The topological polar surface area (TPSA) is 53.2 Å². The van der Waals surface area contributed by atoms with Crippen LogP contribution in [0, 0.1) is 11.5 Å². The summed E-state index contributed by atoms with van der Waals surface area (Å²) < 4.78 is 4.48. The highest BCUT2D eigenvalue weighted by molar-refractivity contribution is 7.75. The normalized spacial score (nSPS) is 6.78. The Labute approximate surface area is 60.9 Å². The van der Waals surface area contributed by atoms with Gasteiger partial charge in [0.15, 0.2) is 0 Å². The van der Waals surface area contributed by atoms with E-state index in [1.165, 1.54) is 6.42 Å². The van der Waals surface area contributed by atoms with Crippen LogP contribution in [0.2, 0.25) is 0 Å². The van der Waals surface area contributed by atoms with Gasteiger partial charge in [-0.2, -0.15) is 5.26 Å². The Morgan fingerprint density at radius 1 is 1.78 bits per heavy atom. The highest BCUT2D eigenvalue weighted by Gasteiger charge is 1.75. The quantitative estimate of drug-likeness (QED) is 0.276. The molecule has 0 aromatic carbocycles. The van der Waals surface area contributed by atoms with Crippen LogP contribution >= 0.6 is 12.9 Å². The Morgan fingerprint density at radius 2 is 2.22 bits per heavy atom. The van der Waals surface area contributed by atoms with E-state index in [1.807, 2.05) is 0 Å². The van der Waals surface area contributed by atoms with Crippen molar-refractivity contribution in [1.82, 2.24) is 0 Å². The Kier molecular flexibility index (Phi) is 19.8. The van der Waals surface area contributed by atoms with E-state index in [1.54, 1.807) is 0 Å². The number of thiol groups is 1. The van der Waals surface area contributed by atoms with Gasteiger partial charge in [0.2, 0.25) is 0 Å². The van der Waals surface area contributed by atoms with E-state index in [-0.39, 0.29) is 0 Å². The van der Waals surface area contributed by atoms with E-state index < -0.39 is 0 Å². The molecule has 0 aromatic rings. The third-order valence-corrected chi connectivity index (χ3v) is 0.772. The average Bonchev–Trinajstić information content (AvgIpc) is 1.86. The molecule has 0 heterocycles. The Morgan fingerprint density at radius 3 is 2.33 bits per heavy atom. The van der Waals surface area contributed by atoms with Crippen molar-refractivity contribution in [3.05, 3.63) is 0 Å². The van der Waals surface area contributed by atoms with Crippen molar-refractivity contribution in [2.45, 2.75) is 19.8 Å². The summed E-state index contributed by atoms with van der Waals surface area (Å²) in [6.45, 7) is 2.90. The smallest absolute Gasteiger partial charge is 0.283 e. The first-order valence-electron chi connectivity index (χ1n) is 2.63. The van der Waals surface area contributed by atoms with Gasteiger partial charge >= 0.3 is 0 Å². The molecule has 0 aromatic heterocycles. The van der Waals surface area contributed by atoms with Crippen LogP contribution in [0.25, 0.3) is 0 Å². The number of unbranched alkanes of at least 4 members (excludes halogenated alkanes) is 1. The van der Waals surface area contributed by atoms with Gasteiger partial charge in [-0.05, 0) is 19.3 Å². The fraction of sp³-hybridized carbons (Fsp3) is 0.800. The maximum Gasteiger partial charge on any atom is 0.283 e. The number of aliphatic hydroxyl groups is 1. The zero-order valence-electron chi connectivity index (χ0n) is 5.37. The van der Waals surface area contributed by atoms with Crippen LogP contribution in [0.15, 0.2) is 0 Å². The lowest BCUT2D eigenvalue weighted by molar-refractivity contribution is 0.370. The Balaban J connectivity index is 0. The Bertz CT molecular complexity index is 67.8. The van der Waals surface area contributed by atoms with E-state index in [9.17, 15) is 0 Å². The molecular weight excluding hydrogens is 138 g/mol. The molecule has 0 fully saturated rings. The van der Waals surface area contributed by atoms with E-state index in [0.29, 0.717) is 0 Å². The van der Waals surface area contributed by atoms with Gasteiger partial charge in [0.05, 0.1) is 6.61 Å². The van der Waals surface area contributed by atoms with Crippen LogP contribution in [0.1, 0.15) is 19.8 Å². The number of nitriles is 1. The van der Waals surface area contributed by atoms with Crippen molar-refractivity contribution in [2.75, 3.05) is 6.61 Å². The molecule has 0 aliphatic carbocycles. The van der Waals surface area contributed by atoms with Gasteiger partial charge in [0.25, 0.3) is 6.26 Å². The second kappa shape index (κ2) is 15.6. The van der Waals surface area contributed by atoms with E-state index in [2.05, 4.69) is 24.0 Å². The van der Waals surface area contributed by atoms with Crippen molar-refractivity contribution in [2.24, 2.45) is 0 Å². The van der Waals surface area contributed by atoms with Crippen LogP contribution in [0.5, 0.6) is 0 Å². The average molecular weight is 149 g/mol. The summed E-state index contributed by atoms with van der Waals surface area (Å²) in [5.74, 6) is 0. The zero-order valence-corrected chi connectivity index (χ0v) is 6.27. The van der Waals surface area contributed by atoms with Crippen LogP contribution in [-0.4, -0.2) is 11.7 Å². The second-order valence-corrected chi connectivity index (χ2v) is 1.54. The molecule has 0 amide bonds. The van der Waals surface area contributed by atoms with Gasteiger partial charge in [-0.25, -0.2) is 0 Å². The fourth-order valence-corrected chi connectivity index (χ4v) is 0.338. The first-order chi connectivity index (χ1) is 4.33. The SMILES string of the molecule is CCCCOS.N#CO. The van der Waals surface area contributed by atoms with E-state index in [0.717, 1.165) is 19.3 Å². The van der Waals surface area contributed by atoms with Gasteiger partial charge in [-0.3, -0.25) is 0 Å². The minimum Gasteiger partial charge on any atom is -0.443 e. The zero-order chi connectivity index (χ0) is 7.54. The maximum absolute atomic E-state index is 6.88. The van der Waals surface area contributed by atoms with E-state index >= 15 is 0 Å². The van der Waals surface area contributed by atoms with Gasteiger partial charge < -0.3 is 9.29 Å². The summed E-state index contributed by atoms with van der Waals surface area (Å²) in [6, 6.07) is 0. The van der Waals surface area contributed by atoms with Gasteiger partial charge in [-0.15, -0.1) is 0 Å². The largest absolute Gasteiger partial charge is 0.443 e. The third kappa shape index (κ3) is 35.3. The summed E-state index contributed by atoms with van der Waals surface area (Å²) in [7, 11) is 0. The molecule has 0 spiro atoms. The number of rotatable bonds is 3. The van der Waals surface area contributed by atoms with Crippen molar-refractivity contribution >= 4 is 12.9 Å². The van der Waals surface area contributed by atoms with Crippen LogP contribution in [0.3, 0.4) is 0 Å². The molecule has 0 saturated carbocycles. The van der Waals surface area contributed by atoms with E-state index in [4.69, 9.17) is 10.4 Å². The molecule has 0 rings (SSSR count). The molecule has 0 aliphatic heterocycles. The van der Waals surface area contributed by atoms with Crippen molar-refractivity contribution < 1.29 is 9.29 Å². The molecule has 1 N–H and O–H groups in total. The maximum atomic E-state index is 6.88. The van der Waals surface area contributed by atoms with Crippen LogP contribution in [0.4, 0.5) is 0 Å². The van der Waals surface area contributed by atoms with Gasteiger partial charge in [0.1, 0.15) is 0 Å². The third-order valence-electron chi connectivity index (χ3n) is 0.589.